The number of benzene rings is 2. The predicted octanol–water partition coefficient (Wildman–Crippen LogP) is 3.66. The summed E-state index contributed by atoms with van der Waals surface area (Å²) in [7, 11) is 0. The molecule has 0 aliphatic carbocycles. The van der Waals surface area contributed by atoms with E-state index in [0.29, 0.717) is 16.5 Å². The second-order valence-corrected chi connectivity index (χ2v) is 6.13. The zero-order valence-electron chi connectivity index (χ0n) is 14.8. The zero-order valence-corrected chi connectivity index (χ0v) is 15.5. The van der Waals surface area contributed by atoms with Crippen LogP contribution >= 0.6 is 11.6 Å². The number of nitrogens with one attached hydrogen (secondary N) is 3. The topological polar surface area (TPSA) is 92.6 Å². The molecule has 1 heterocycles. The molecule has 144 valence electrons. The fourth-order valence-electron chi connectivity index (χ4n) is 2.29. The molecular formula is C20H18ClN3O4. The van der Waals surface area contributed by atoms with E-state index in [2.05, 4.69) is 16.2 Å². The van der Waals surface area contributed by atoms with E-state index in [1.54, 1.807) is 24.3 Å². The van der Waals surface area contributed by atoms with Crippen LogP contribution in [0.1, 0.15) is 21.9 Å². The SMILES string of the molecule is O=C(NCc1ccccc1Cl)NNC(=O)c1ccc(COc2ccccc2)o1. The number of hydrazine groups is 1. The summed E-state index contributed by atoms with van der Waals surface area (Å²) in [5.41, 5.74) is 5.29. The second kappa shape index (κ2) is 9.48. The van der Waals surface area contributed by atoms with Crippen molar-refractivity contribution in [3.8, 4) is 5.75 Å². The summed E-state index contributed by atoms with van der Waals surface area (Å²) in [5.74, 6) is 0.649. The number of furan rings is 1. The molecule has 0 aliphatic heterocycles. The van der Waals surface area contributed by atoms with Gasteiger partial charge >= 0.3 is 11.9 Å². The van der Waals surface area contributed by atoms with Crippen LogP contribution in [0.2, 0.25) is 5.02 Å². The van der Waals surface area contributed by atoms with E-state index in [1.807, 2.05) is 36.4 Å². The Labute approximate surface area is 166 Å². The highest BCUT2D eigenvalue weighted by atomic mass is 35.5. The Hall–Kier alpha value is -3.45. The molecule has 2 aromatic carbocycles. The Morgan fingerprint density at radius 2 is 1.68 bits per heavy atom. The van der Waals surface area contributed by atoms with Crippen molar-refractivity contribution in [3.05, 3.63) is 88.8 Å². The Bertz CT molecular complexity index is 943. The van der Waals surface area contributed by atoms with E-state index >= 15 is 0 Å². The minimum Gasteiger partial charge on any atom is -0.486 e. The van der Waals surface area contributed by atoms with Gasteiger partial charge in [0.05, 0.1) is 0 Å². The number of para-hydroxylation sites is 1. The van der Waals surface area contributed by atoms with Gasteiger partial charge < -0.3 is 14.5 Å². The molecule has 0 aliphatic rings. The van der Waals surface area contributed by atoms with Gasteiger partial charge in [0, 0.05) is 11.6 Å². The van der Waals surface area contributed by atoms with E-state index in [4.69, 9.17) is 20.8 Å². The molecule has 3 aromatic rings. The molecule has 3 N–H and O–H groups in total. The zero-order chi connectivity index (χ0) is 19.8. The summed E-state index contributed by atoms with van der Waals surface area (Å²) >= 11 is 6.02. The maximum Gasteiger partial charge on any atom is 0.333 e. The molecule has 0 saturated carbocycles. The van der Waals surface area contributed by atoms with Gasteiger partial charge in [-0.1, -0.05) is 48.0 Å². The van der Waals surface area contributed by atoms with Crippen molar-refractivity contribution in [3.63, 3.8) is 0 Å². The van der Waals surface area contributed by atoms with Crippen molar-refractivity contribution in [2.24, 2.45) is 0 Å². The maximum absolute atomic E-state index is 12.1. The average Bonchev–Trinajstić information content (AvgIpc) is 3.20. The monoisotopic (exact) mass is 399 g/mol. The lowest BCUT2D eigenvalue weighted by Gasteiger charge is -2.09. The van der Waals surface area contributed by atoms with Crippen molar-refractivity contribution in [1.82, 2.24) is 16.2 Å². The first-order valence-electron chi connectivity index (χ1n) is 8.46. The normalized spacial score (nSPS) is 10.2. The lowest BCUT2D eigenvalue weighted by Crippen LogP contribution is -2.46. The Kier molecular flexibility index (Phi) is 6.54. The van der Waals surface area contributed by atoms with E-state index in [1.165, 1.54) is 6.07 Å². The number of carbonyl (C=O) groups excluding carboxylic acids is 2. The van der Waals surface area contributed by atoms with Crippen LogP contribution < -0.4 is 20.9 Å². The number of urea groups is 1. The minimum absolute atomic E-state index is 0.0538. The molecule has 0 atom stereocenters. The molecule has 7 nitrogen and oxygen atoms in total. The van der Waals surface area contributed by atoms with Crippen molar-refractivity contribution in [1.29, 1.82) is 0 Å². The number of carbonyl (C=O) groups is 2. The van der Waals surface area contributed by atoms with Crippen LogP contribution in [0.15, 0.2) is 71.1 Å². The second-order valence-electron chi connectivity index (χ2n) is 5.72. The molecule has 3 rings (SSSR count). The van der Waals surface area contributed by atoms with Crippen molar-refractivity contribution in [2.45, 2.75) is 13.2 Å². The molecule has 0 saturated heterocycles. The first kappa shape index (κ1) is 19.3. The van der Waals surface area contributed by atoms with E-state index in [-0.39, 0.29) is 18.9 Å². The lowest BCUT2D eigenvalue weighted by atomic mass is 10.2. The molecule has 1 aromatic heterocycles. The van der Waals surface area contributed by atoms with Gasteiger partial charge in [-0.3, -0.25) is 10.2 Å². The van der Waals surface area contributed by atoms with E-state index in [0.717, 1.165) is 5.56 Å². The molecule has 0 fully saturated rings. The van der Waals surface area contributed by atoms with Gasteiger partial charge in [-0.05, 0) is 35.9 Å². The van der Waals surface area contributed by atoms with Gasteiger partial charge in [0.15, 0.2) is 5.76 Å². The largest absolute Gasteiger partial charge is 0.486 e. The highest BCUT2D eigenvalue weighted by Crippen LogP contribution is 2.15. The van der Waals surface area contributed by atoms with Crippen LogP contribution in [0.5, 0.6) is 5.75 Å². The smallest absolute Gasteiger partial charge is 0.333 e. The van der Waals surface area contributed by atoms with Gasteiger partial charge in [0.25, 0.3) is 0 Å². The minimum atomic E-state index is -0.584. The van der Waals surface area contributed by atoms with Crippen LogP contribution in [-0.2, 0) is 13.2 Å². The Morgan fingerprint density at radius 3 is 2.46 bits per heavy atom. The summed E-state index contributed by atoms with van der Waals surface area (Å²) < 4.78 is 11.0. The quantitative estimate of drug-likeness (QED) is 0.551. The summed E-state index contributed by atoms with van der Waals surface area (Å²) in [6.45, 7) is 0.409. The number of halogens is 1. The highest BCUT2D eigenvalue weighted by molar-refractivity contribution is 6.31. The van der Waals surface area contributed by atoms with Crippen molar-refractivity contribution < 1.29 is 18.7 Å². The molecule has 0 spiro atoms. The molecule has 0 unspecified atom stereocenters. The van der Waals surface area contributed by atoms with Crippen LogP contribution in [-0.4, -0.2) is 11.9 Å². The van der Waals surface area contributed by atoms with Gasteiger partial charge in [-0.2, -0.15) is 0 Å². The van der Waals surface area contributed by atoms with Gasteiger partial charge in [0.1, 0.15) is 18.1 Å². The predicted molar refractivity (Wildman–Crippen MR) is 104 cm³/mol. The molecular weight excluding hydrogens is 382 g/mol. The van der Waals surface area contributed by atoms with Gasteiger partial charge in [0.2, 0.25) is 0 Å². The Balaban J connectivity index is 1.42. The van der Waals surface area contributed by atoms with Crippen LogP contribution in [0.25, 0.3) is 0 Å². The highest BCUT2D eigenvalue weighted by Gasteiger charge is 2.12. The third-order valence-corrected chi connectivity index (χ3v) is 4.07. The number of rotatable bonds is 6. The van der Waals surface area contributed by atoms with Crippen molar-refractivity contribution >= 4 is 23.5 Å². The first-order chi connectivity index (χ1) is 13.6. The third kappa shape index (κ3) is 5.52. The molecule has 8 heteroatoms. The third-order valence-electron chi connectivity index (χ3n) is 3.70. The van der Waals surface area contributed by atoms with E-state index in [9.17, 15) is 9.59 Å². The number of amides is 3. The molecule has 3 amide bonds. The fourth-order valence-corrected chi connectivity index (χ4v) is 2.49. The fraction of sp³-hybridized carbons (Fsp3) is 0.100. The van der Waals surface area contributed by atoms with Gasteiger partial charge in [-0.15, -0.1) is 0 Å². The number of hydrogen-bond acceptors (Lipinski definition) is 4. The van der Waals surface area contributed by atoms with Crippen LogP contribution in [0, 0.1) is 0 Å². The van der Waals surface area contributed by atoms with Crippen molar-refractivity contribution in [2.75, 3.05) is 0 Å². The number of ether oxygens (including phenoxy) is 1. The summed E-state index contributed by atoms with van der Waals surface area (Å²) in [6, 6.07) is 19.0. The molecule has 28 heavy (non-hydrogen) atoms. The van der Waals surface area contributed by atoms with Crippen LogP contribution in [0.3, 0.4) is 0 Å². The van der Waals surface area contributed by atoms with Crippen LogP contribution in [0.4, 0.5) is 4.79 Å². The summed E-state index contributed by atoms with van der Waals surface area (Å²) in [5, 5.41) is 3.14. The van der Waals surface area contributed by atoms with Gasteiger partial charge in [-0.25, -0.2) is 10.2 Å². The molecule has 0 bridgehead atoms. The lowest BCUT2D eigenvalue weighted by molar-refractivity contribution is 0.0904. The maximum atomic E-state index is 12.1. The standard InChI is InChI=1S/C20H18ClN3O4/c21-17-9-5-4-6-14(17)12-22-20(26)24-23-19(25)18-11-10-16(28-18)13-27-15-7-2-1-3-8-15/h1-11H,12-13H2,(H,23,25)(H2,22,24,26). The first-order valence-corrected chi connectivity index (χ1v) is 8.84. The molecule has 0 radical (unpaired) electrons. The summed E-state index contributed by atoms with van der Waals surface area (Å²) in [4.78, 5) is 23.9. The Morgan fingerprint density at radius 1 is 0.929 bits per heavy atom. The van der Waals surface area contributed by atoms with E-state index < -0.39 is 11.9 Å². The average molecular weight is 400 g/mol. The number of hydrogen-bond donors (Lipinski definition) is 3. The summed E-state index contributed by atoms with van der Waals surface area (Å²) in [6.07, 6.45) is 0.